The summed E-state index contributed by atoms with van der Waals surface area (Å²) in [5.74, 6) is -0.855. The Labute approximate surface area is 213 Å². The molecule has 0 saturated heterocycles. The maximum Gasteiger partial charge on any atom is 0.417 e. The molecule has 0 aliphatic carbocycles. The van der Waals surface area contributed by atoms with Gasteiger partial charge in [0.1, 0.15) is 11.9 Å². The molecule has 0 spiro atoms. The molecule has 0 aliphatic heterocycles. The van der Waals surface area contributed by atoms with Gasteiger partial charge in [-0.3, -0.25) is 14.6 Å². The van der Waals surface area contributed by atoms with Crippen molar-refractivity contribution in [3.05, 3.63) is 83.6 Å². The van der Waals surface area contributed by atoms with Crippen LogP contribution in [0.15, 0.2) is 66.9 Å². The normalized spacial score (nSPS) is 12.1. The van der Waals surface area contributed by atoms with Gasteiger partial charge in [-0.05, 0) is 49.2 Å². The number of hydrogen-bond donors (Lipinski definition) is 2. The molecule has 3 aromatic rings. The van der Waals surface area contributed by atoms with Gasteiger partial charge < -0.3 is 15.2 Å². The van der Waals surface area contributed by atoms with E-state index in [1.807, 2.05) is 0 Å². The molecule has 2 aromatic carbocycles. The second kappa shape index (κ2) is 12.9. The molecule has 1 amide bonds. The summed E-state index contributed by atoms with van der Waals surface area (Å²) in [4.78, 5) is 27.1. The fourth-order valence-electron chi connectivity index (χ4n) is 3.82. The van der Waals surface area contributed by atoms with Crippen molar-refractivity contribution in [3.63, 3.8) is 0 Å². The van der Waals surface area contributed by atoms with Gasteiger partial charge in [0.25, 0.3) is 5.91 Å². The minimum Gasteiger partial charge on any atom is -0.486 e. The Bertz CT molecular complexity index is 1180. The van der Waals surface area contributed by atoms with Crippen LogP contribution in [0.2, 0.25) is 0 Å². The highest BCUT2D eigenvalue weighted by molar-refractivity contribution is 5.94. The summed E-state index contributed by atoms with van der Waals surface area (Å²) in [5.41, 5.74) is 0.608. The summed E-state index contributed by atoms with van der Waals surface area (Å²) in [5, 5.41) is 11.2. The molecule has 37 heavy (non-hydrogen) atoms. The highest BCUT2D eigenvalue weighted by atomic mass is 19.4. The highest BCUT2D eigenvalue weighted by Gasteiger charge is 2.33. The molecule has 0 fully saturated rings. The van der Waals surface area contributed by atoms with Crippen molar-refractivity contribution in [2.75, 3.05) is 6.54 Å². The number of benzene rings is 2. The van der Waals surface area contributed by atoms with E-state index in [0.717, 1.165) is 30.9 Å². The summed E-state index contributed by atoms with van der Waals surface area (Å²) in [6.07, 6.45) is 0.118. The lowest BCUT2D eigenvalue weighted by molar-refractivity contribution is -0.137. The molecule has 0 aliphatic rings. The smallest absolute Gasteiger partial charge is 0.417 e. The number of carbonyl (C=O) groups excluding carboxylic acids is 1. The first-order valence-electron chi connectivity index (χ1n) is 12.1. The van der Waals surface area contributed by atoms with Gasteiger partial charge in [-0.15, -0.1) is 0 Å². The van der Waals surface area contributed by atoms with Crippen LogP contribution >= 0.6 is 0 Å². The summed E-state index contributed by atoms with van der Waals surface area (Å²) in [6.45, 7) is 2.12. The highest BCUT2D eigenvalue weighted by Crippen LogP contribution is 2.36. The number of amides is 1. The van der Waals surface area contributed by atoms with Crippen LogP contribution in [0.1, 0.15) is 66.6 Å². The van der Waals surface area contributed by atoms with Crippen LogP contribution in [0.4, 0.5) is 13.2 Å². The van der Waals surface area contributed by atoms with E-state index < -0.39 is 17.7 Å². The molecule has 1 aromatic heterocycles. The van der Waals surface area contributed by atoms with Crippen LogP contribution in [0, 0.1) is 0 Å². The van der Waals surface area contributed by atoms with E-state index in [-0.39, 0.29) is 36.2 Å². The van der Waals surface area contributed by atoms with Crippen molar-refractivity contribution in [2.24, 2.45) is 0 Å². The Morgan fingerprint density at radius 3 is 2.38 bits per heavy atom. The average Bonchev–Trinajstić information content (AvgIpc) is 2.88. The second-order valence-corrected chi connectivity index (χ2v) is 8.55. The number of nitrogens with one attached hydrogen (secondary N) is 1. The van der Waals surface area contributed by atoms with Crippen molar-refractivity contribution in [1.82, 2.24) is 10.3 Å². The van der Waals surface area contributed by atoms with Gasteiger partial charge in [0.15, 0.2) is 0 Å². The SMILES string of the molecule is CCCCCC(Oc1ccc(C(=O)NCCC(=O)O)cc1)c1ccc(-c2ccccc2C(F)(F)F)nc1. The maximum absolute atomic E-state index is 13.4. The number of hydrogen-bond acceptors (Lipinski definition) is 4. The number of aliphatic carboxylic acids is 1. The summed E-state index contributed by atoms with van der Waals surface area (Å²) < 4.78 is 46.5. The Hall–Kier alpha value is -3.88. The molecule has 1 atom stereocenters. The Morgan fingerprint density at radius 2 is 1.76 bits per heavy atom. The fourth-order valence-corrected chi connectivity index (χ4v) is 3.82. The van der Waals surface area contributed by atoms with E-state index in [1.165, 1.54) is 12.1 Å². The zero-order valence-corrected chi connectivity index (χ0v) is 20.4. The lowest BCUT2D eigenvalue weighted by Gasteiger charge is -2.20. The van der Waals surface area contributed by atoms with Gasteiger partial charge in [-0.2, -0.15) is 13.2 Å². The van der Waals surface area contributed by atoms with Gasteiger partial charge in [0.05, 0.1) is 17.7 Å². The molecule has 3 rings (SSSR count). The number of nitrogens with zero attached hydrogens (tertiary/aromatic N) is 1. The van der Waals surface area contributed by atoms with Crippen LogP contribution in [-0.4, -0.2) is 28.5 Å². The number of unbranched alkanes of at least 4 members (excludes halogenated alkanes) is 2. The van der Waals surface area contributed by atoms with Crippen molar-refractivity contribution in [2.45, 2.75) is 51.3 Å². The zero-order chi connectivity index (χ0) is 26.8. The largest absolute Gasteiger partial charge is 0.486 e. The Kier molecular flexibility index (Phi) is 9.65. The van der Waals surface area contributed by atoms with Crippen LogP contribution < -0.4 is 10.1 Å². The number of pyridine rings is 1. The van der Waals surface area contributed by atoms with Crippen molar-refractivity contribution < 1.29 is 32.6 Å². The molecular weight excluding hydrogens is 485 g/mol. The predicted molar refractivity (Wildman–Crippen MR) is 133 cm³/mol. The van der Waals surface area contributed by atoms with Gasteiger partial charge in [-0.25, -0.2) is 0 Å². The summed E-state index contributed by atoms with van der Waals surface area (Å²) >= 11 is 0. The first-order valence-corrected chi connectivity index (χ1v) is 12.1. The molecule has 9 heteroatoms. The average molecular weight is 515 g/mol. The van der Waals surface area contributed by atoms with Crippen LogP contribution in [-0.2, 0) is 11.0 Å². The third kappa shape index (κ3) is 8.06. The fraction of sp³-hybridized carbons (Fsp3) is 0.321. The van der Waals surface area contributed by atoms with E-state index in [9.17, 15) is 22.8 Å². The zero-order valence-electron chi connectivity index (χ0n) is 20.4. The predicted octanol–water partition coefficient (Wildman–Crippen LogP) is 6.67. The topological polar surface area (TPSA) is 88.5 Å². The number of ether oxygens (including phenoxy) is 1. The molecule has 1 unspecified atom stereocenters. The van der Waals surface area contributed by atoms with Gasteiger partial charge in [0, 0.05) is 29.4 Å². The van der Waals surface area contributed by atoms with Crippen molar-refractivity contribution >= 4 is 11.9 Å². The molecule has 0 radical (unpaired) electrons. The van der Waals surface area contributed by atoms with E-state index >= 15 is 0 Å². The molecule has 0 bridgehead atoms. The number of carboxylic acids is 1. The minimum atomic E-state index is -4.48. The Morgan fingerprint density at radius 1 is 1.03 bits per heavy atom. The third-order valence-electron chi connectivity index (χ3n) is 5.76. The molecule has 196 valence electrons. The first kappa shape index (κ1) is 27.7. The second-order valence-electron chi connectivity index (χ2n) is 8.55. The van der Waals surface area contributed by atoms with Crippen LogP contribution in [0.5, 0.6) is 5.75 Å². The van der Waals surface area contributed by atoms with Crippen LogP contribution in [0.25, 0.3) is 11.3 Å². The number of rotatable bonds is 12. The lowest BCUT2D eigenvalue weighted by atomic mass is 10.0. The molecule has 6 nitrogen and oxygen atoms in total. The number of aromatic nitrogens is 1. The minimum absolute atomic E-state index is 0.0159. The standard InChI is InChI=1S/C28H29F3N2O4/c1-2-3-4-9-25(37-21-13-10-19(11-14-21)27(36)32-17-16-26(34)35)20-12-15-24(33-18-20)22-7-5-6-8-23(22)28(29,30)31/h5-8,10-15,18,25H,2-4,9,16-17H2,1H3,(H,32,36)(H,34,35). The van der Waals surface area contributed by atoms with E-state index in [0.29, 0.717) is 17.7 Å². The van der Waals surface area contributed by atoms with Crippen molar-refractivity contribution in [1.29, 1.82) is 0 Å². The monoisotopic (exact) mass is 514 g/mol. The molecule has 2 N–H and O–H groups in total. The van der Waals surface area contributed by atoms with Crippen LogP contribution in [0.3, 0.4) is 0 Å². The van der Waals surface area contributed by atoms with E-state index in [4.69, 9.17) is 9.84 Å². The van der Waals surface area contributed by atoms with Gasteiger partial charge >= 0.3 is 12.1 Å². The van der Waals surface area contributed by atoms with Gasteiger partial charge in [0.2, 0.25) is 0 Å². The number of carbonyl (C=O) groups is 2. The van der Waals surface area contributed by atoms with Crippen molar-refractivity contribution in [3.8, 4) is 17.0 Å². The molecular formula is C28H29F3N2O4. The summed E-state index contributed by atoms with van der Waals surface area (Å²) in [7, 11) is 0. The van der Waals surface area contributed by atoms with E-state index in [2.05, 4.69) is 17.2 Å². The number of alkyl halides is 3. The summed E-state index contributed by atoms with van der Waals surface area (Å²) in [6, 6.07) is 15.1. The van der Waals surface area contributed by atoms with E-state index in [1.54, 1.807) is 48.7 Å². The number of halogens is 3. The maximum atomic E-state index is 13.4. The molecule has 0 saturated carbocycles. The third-order valence-corrected chi connectivity index (χ3v) is 5.76. The molecule has 1 heterocycles. The Balaban J connectivity index is 1.76. The lowest BCUT2D eigenvalue weighted by Crippen LogP contribution is -2.25. The number of carboxylic acid groups (broad SMARTS) is 1. The first-order chi connectivity index (χ1) is 17.7. The van der Waals surface area contributed by atoms with Gasteiger partial charge in [-0.1, -0.05) is 44.0 Å². The quantitative estimate of drug-likeness (QED) is 0.264.